The van der Waals surface area contributed by atoms with Gasteiger partial charge in [0.1, 0.15) is 0 Å². The van der Waals surface area contributed by atoms with Crippen LogP contribution in [0.5, 0.6) is 0 Å². The van der Waals surface area contributed by atoms with Gasteiger partial charge in [-0.15, -0.1) is 0 Å². The van der Waals surface area contributed by atoms with Gasteiger partial charge in [-0.3, -0.25) is 4.79 Å². The lowest BCUT2D eigenvalue weighted by Crippen LogP contribution is -2.42. The third-order valence-corrected chi connectivity index (χ3v) is 3.00. The molecule has 1 aliphatic rings. The number of amides is 1. The Morgan fingerprint density at radius 3 is 2.94 bits per heavy atom. The van der Waals surface area contributed by atoms with Crippen molar-refractivity contribution < 1.29 is 9.53 Å². The van der Waals surface area contributed by atoms with Crippen molar-refractivity contribution in [3.05, 3.63) is 0 Å². The van der Waals surface area contributed by atoms with E-state index >= 15 is 0 Å². The Hall–Kier alpha value is -0.610. The van der Waals surface area contributed by atoms with Crippen molar-refractivity contribution in [3.8, 4) is 0 Å². The molecule has 94 valence electrons. The van der Waals surface area contributed by atoms with Crippen molar-refractivity contribution in [1.29, 1.82) is 0 Å². The lowest BCUT2D eigenvalue weighted by atomic mass is 10.1. The van der Waals surface area contributed by atoms with Gasteiger partial charge in [-0.2, -0.15) is 0 Å². The summed E-state index contributed by atoms with van der Waals surface area (Å²) < 4.78 is 4.97. The zero-order valence-corrected chi connectivity index (χ0v) is 10.5. The first-order chi connectivity index (χ1) is 7.79. The van der Waals surface area contributed by atoms with Crippen molar-refractivity contribution >= 4 is 5.91 Å². The fourth-order valence-electron chi connectivity index (χ4n) is 2.17. The molecule has 0 bridgehead atoms. The zero-order chi connectivity index (χ0) is 11.8. The van der Waals surface area contributed by atoms with Crippen LogP contribution in [0.15, 0.2) is 0 Å². The van der Waals surface area contributed by atoms with E-state index in [0.29, 0.717) is 19.1 Å². The van der Waals surface area contributed by atoms with Gasteiger partial charge in [-0.05, 0) is 25.8 Å². The highest BCUT2D eigenvalue weighted by Crippen LogP contribution is 2.11. The Balaban J connectivity index is 2.38. The highest BCUT2D eigenvalue weighted by atomic mass is 16.5. The van der Waals surface area contributed by atoms with Gasteiger partial charge in [0.25, 0.3) is 0 Å². The number of methoxy groups -OCH3 is 1. The highest BCUT2D eigenvalue weighted by Gasteiger charge is 2.25. The van der Waals surface area contributed by atoms with Gasteiger partial charge in [0.15, 0.2) is 0 Å². The molecule has 1 heterocycles. The predicted octanol–water partition coefficient (Wildman–Crippen LogP) is 1.01. The summed E-state index contributed by atoms with van der Waals surface area (Å²) in [5, 5.41) is 3.31. The fraction of sp³-hybridized carbons (Fsp3) is 0.917. The minimum atomic E-state index is 0.285. The third kappa shape index (κ3) is 4.10. The first kappa shape index (κ1) is 13.5. The molecule has 0 aromatic heterocycles. The maximum absolute atomic E-state index is 12.0. The summed E-state index contributed by atoms with van der Waals surface area (Å²) in [4.78, 5) is 14.1. The van der Waals surface area contributed by atoms with Crippen LogP contribution in [0.4, 0.5) is 0 Å². The van der Waals surface area contributed by atoms with Crippen LogP contribution in [0.1, 0.15) is 32.6 Å². The lowest BCUT2D eigenvalue weighted by Gasteiger charge is -2.28. The minimum Gasteiger partial charge on any atom is -0.385 e. The van der Waals surface area contributed by atoms with Crippen LogP contribution in [-0.4, -0.2) is 50.2 Å². The number of hydrogen-bond donors (Lipinski definition) is 1. The van der Waals surface area contributed by atoms with Crippen molar-refractivity contribution in [2.45, 2.75) is 38.6 Å². The monoisotopic (exact) mass is 228 g/mol. The van der Waals surface area contributed by atoms with Crippen molar-refractivity contribution in [2.75, 3.05) is 33.4 Å². The number of carbonyl (C=O) groups is 1. The number of rotatable bonds is 7. The third-order valence-electron chi connectivity index (χ3n) is 3.00. The molecular formula is C12H24N2O2. The molecule has 0 radical (unpaired) electrons. The molecule has 1 fully saturated rings. The number of ether oxygens (including phenoxy) is 1. The molecule has 16 heavy (non-hydrogen) atoms. The zero-order valence-electron chi connectivity index (χ0n) is 10.5. The normalized spacial score (nSPS) is 20.0. The van der Waals surface area contributed by atoms with Crippen LogP contribution in [0.2, 0.25) is 0 Å². The average molecular weight is 228 g/mol. The summed E-state index contributed by atoms with van der Waals surface area (Å²) in [6.45, 7) is 5.68. The molecule has 1 saturated heterocycles. The van der Waals surface area contributed by atoms with E-state index in [4.69, 9.17) is 4.74 Å². The Kier molecular flexibility index (Phi) is 6.42. The van der Waals surface area contributed by atoms with Crippen LogP contribution in [-0.2, 0) is 9.53 Å². The molecule has 1 N–H and O–H groups in total. The summed E-state index contributed by atoms with van der Waals surface area (Å²) in [7, 11) is 1.68. The van der Waals surface area contributed by atoms with Gasteiger partial charge in [0, 0.05) is 39.3 Å². The molecular weight excluding hydrogens is 204 g/mol. The van der Waals surface area contributed by atoms with Crippen LogP contribution in [0.25, 0.3) is 0 Å². The molecule has 0 spiro atoms. The first-order valence-electron chi connectivity index (χ1n) is 6.28. The van der Waals surface area contributed by atoms with E-state index in [0.717, 1.165) is 38.9 Å². The van der Waals surface area contributed by atoms with E-state index in [1.165, 1.54) is 0 Å². The average Bonchev–Trinajstić information content (AvgIpc) is 2.79. The molecule has 0 aromatic rings. The van der Waals surface area contributed by atoms with Gasteiger partial charge in [-0.25, -0.2) is 0 Å². The molecule has 0 saturated carbocycles. The van der Waals surface area contributed by atoms with Crippen LogP contribution >= 0.6 is 0 Å². The van der Waals surface area contributed by atoms with E-state index in [1.54, 1.807) is 7.11 Å². The Labute approximate surface area is 98.3 Å². The van der Waals surface area contributed by atoms with Gasteiger partial charge in [-0.1, -0.05) is 6.92 Å². The summed E-state index contributed by atoms with van der Waals surface area (Å²) in [6, 6.07) is 0.412. The smallest absolute Gasteiger partial charge is 0.222 e. The molecule has 1 amide bonds. The number of carbonyl (C=O) groups excluding carboxylic acids is 1. The van der Waals surface area contributed by atoms with Gasteiger partial charge in [0.2, 0.25) is 5.91 Å². The van der Waals surface area contributed by atoms with Gasteiger partial charge in [0.05, 0.1) is 0 Å². The molecule has 1 aliphatic heterocycles. The van der Waals surface area contributed by atoms with E-state index in [2.05, 4.69) is 17.1 Å². The topological polar surface area (TPSA) is 41.6 Å². The fourth-order valence-corrected chi connectivity index (χ4v) is 2.17. The van der Waals surface area contributed by atoms with Crippen LogP contribution in [0, 0.1) is 0 Å². The lowest BCUT2D eigenvalue weighted by molar-refractivity contribution is -0.133. The second kappa shape index (κ2) is 7.63. The molecule has 4 nitrogen and oxygen atoms in total. The Morgan fingerprint density at radius 2 is 2.38 bits per heavy atom. The first-order valence-corrected chi connectivity index (χ1v) is 6.28. The molecule has 0 aromatic carbocycles. The summed E-state index contributed by atoms with van der Waals surface area (Å²) in [6.07, 6.45) is 3.57. The number of hydrogen-bond acceptors (Lipinski definition) is 3. The second-order valence-electron chi connectivity index (χ2n) is 4.33. The van der Waals surface area contributed by atoms with Gasteiger partial charge < -0.3 is 15.0 Å². The van der Waals surface area contributed by atoms with E-state index < -0.39 is 0 Å². The molecule has 0 aliphatic carbocycles. The molecule has 4 heteroatoms. The summed E-state index contributed by atoms with van der Waals surface area (Å²) in [5.41, 5.74) is 0. The van der Waals surface area contributed by atoms with Crippen molar-refractivity contribution in [3.63, 3.8) is 0 Å². The summed E-state index contributed by atoms with van der Waals surface area (Å²) in [5.74, 6) is 0.285. The van der Waals surface area contributed by atoms with E-state index in [1.807, 2.05) is 0 Å². The highest BCUT2D eigenvalue weighted by molar-refractivity contribution is 5.76. The van der Waals surface area contributed by atoms with Crippen LogP contribution < -0.4 is 5.32 Å². The largest absolute Gasteiger partial charge is 0.385 e. The Bertz CT molecular complexity index is 203. The maximum atomic E-state index is 12.0. The van der Waals surface area contributed by atoms with Gasteiger partial charge >= 0.3 is 0 Å². The standard InChI is InChI=1S/C12H24N2O2/c1-3-8-14(11-6-7-13-10-11)12(15)5-4-9-16-2/h11,13H,3-10H2,1-2H3. The quantitative estimate of drug-likeness (QED) is 0.661. The molecule has 1 atom stereocenters. The second-order valence-corrected chi connectivity index (χ2v) is 4.33. The maximum Gasteiger partial charge on any atom is 0.222 e. The predicted molar refractivity (Wildman–Crippen MR) is 64.4 cm³/mol. The van der Waals surface area contributed by atoms with Crippen LogP contribution in [0.3, 0.4) is 0 Å². The van der Waals surface area contributed by atoms with E-state index in [-0.39, 0.29) is 5.91 Å². The molecule has 1 unspecified atom stereocenters. The summed E-state index contributed by atoms with van der Waals surface area (Å²) >= 11 is 0. The number of nitrogens with zero attached hydrogens (tertiary/aromatic N) is 1. The SMILES string of the molecule is CCCN(C(=O)CCCOC)C1CCNC1. The minimum absolute atomic E-state index is 0.285. The van der Waals surface area contributed by atoms with Crippen molar-refractivity contribution in [2.24, 2.45) is 0 Å². The Morgan fingerprint density at radius 1 is 1.56 bits per heavy atom. The van der Waals surface area contributed by atoms with Crippen molar-refractivity contribution in [1.82, 2.24) is 10.2 Å². The van der Waals surface area contributed by atoms with E-state index in [9.17, 15) is 4.79 Å². The number of nitrogens with one attached hydrogen (secondary N) is 1. The molecule has 1 rings (SSSR count).